The number of benzene rings is 3. The maximum atomic E-state index is 9.07. The van der Waals surface area contributed by atoms with Crippen LogP contribution in [0.2, 0.25) is 0 Å². The van der Waals surface area contributed by atoms with Crippen LogP contribution in [0.4, 0.5) is 0 Å². The summed E-state index contributed by atoms with van der Waals surface area (Å²) in [6, 6.07) is 29.0. The van der Waals surface area contributed by atoms with Gasteiger partial charge in [-0.15, -0.1) is 0 Å². The summed E-state index contributed by atoms with van der Waals surface area (Å²) in [7, 11) is 1.98. The van der Waals surface area contributed by atoms with Gasteiger partial charge in [0.2, 0.25) is 0 Å². The van der Waals surface area contributed by atoms with Gasteiger partial charge < -0.3 is 23.3 Å². The second-order valence-corrected chi connectivity index (χ2v) is 13.2. The van der Waals surface area contributed by atoms with Crippen LogP contribution in [0.5, 0.6) is 11.5 Å². The molecule has 1 atom stereocenters. The van der Waals surface area contributed by atoms with Crippen LogP contribution in [0, 0.1) is 11.3 Å². The molecular weight excluding hydrogens is 603 g/mol. The topological polar surface area (TPSA) is 73.2 Å². The standard InChI is InChI=1S/C36H43N2O5PS/c1-27(2)38(28(3)4)44(42-22-10-21-37)43-24-30-26-45-25-29(30)23-41-36(31-11-8-7-9-12-31,32-13-17-34(39-5)18-14-32)33-15-19-35(40-6)20-16-33/h7-9,11-20,25-28H,10,22-24H2,1-6H3. The number of hydrogen-bond donors (Lipinski definition) is 0. The van der Waals surface area contributed by atoms with E-state index in [1.165, 1.54) is 0 Å². The van der Waals surface area contributed by atoms with Crippen LogP contribution < -0.4 is 9.47 Å². The molecule has 0 N–H and O–H groups in total. The van der Waals surface area contributed by atoms with E-state index in [1.807, 2.05) is 42.5 Å². The summed E-state index contributed by atoms with van der Waals surface area (Å²) in [6.45, 7) is 9.60. The molecule has 238 valence electrons. The molecule has 0 amide bonds. The molecule has 1 heterocycles. The summed E-state index contributed by atoms with van der Waals surface area (Å²) < 4.78 is 32.9. The Hall–Kier alpha value is -3.28. The Morgan fingerprint density at radius 1 is 0.733 bits per heavy atom. The lowest BCUT2D eigenvalue weighted by Crippen LogP contribution is -2.33. The number of methoxy groups -OCH3 is 2. The molecule has 7 nitrogen and oxygen atoms in total. The molecule has 0 spiro atoms. The molecule has 0 saturated heterocycles. The molecule has 45 heavy (non-hydrogen) atoms. The van der Waals surface area contributed by atoms with Gasteiger partial charge in [0.05, 0.1) is 46.5 Å². The highest BCUT2D eigenvalue weighted by atomic mass is 32.1. The Morgan fingerprint density at radius 3 is 1.73 bits per heavy atom. The minimum absolute atomic E-state index is 0.226. The first-order valence-electron chi connectivity index (χ1n) is 15.1. The Morgan fingerprint density at radius 2 is 1.24 bits per heavy atom. The number of rotatable bonds is 17. The molecule has 0 aliphatic carbocycles. The van der Waals surface area contributed by atoms with Gasteiger partial charge in [-0.2, -0.15) is 16.6 Å². The predicted molar refractivity (Wildman–Crippen MR) is 181 cm³/mol. The van der Waals surface area contributed by atoms with Gasteiger partial charge in [-0.3, -0.25) is 0 Å². The van der Waals surface area contributed by atoms with Crippen molar-refractivity contribution in [2.24, 2.45) is 0 Å². The zero-order chi connectivity index (χ0) is 32.2. The average molecular weight is 647 g/mol. The molecule has 3 aromatic carbocycles. The van der Waals surface area contributed by atoms with Crippen LogP contribution in [0.3, 0.4) is 0 Å². The third-order valence-corrected chi connectivity index (χ3v) is 10.3. The number of ether oxygens (including phenoxy) is 3. The average Bonchev–Trinajstić information content (AvgIpc) is 3.52. The lowest BCUT2D eigenvalue weighted by atomic mass is 9.80. The third kappa shape index (κ3) is 8.51. The van der Waals surface area contributed by atoms with Crippen molar-refractivity contribution in [2.45, 2.75) is 65.0 Å². The molecular formula is C36H43N2O5PS. The highest BCUT2D eigenvalue weighted by Crippen LogP contribution is 2.47. The molecule has 4 aromatic rings. The Kier molecular flexibility index (Phi) is 13.0. The van der Waals surface area contributed by atoms with E-state index >= 15 is 0 Å². The molecule has 0 aliphatic rings. The van der Waals surface area contributed by atoms with E-state index < -0.39 is 14.1 Å². The van der Waals surface area contributed by atoms with Crippen molar-refractivity contribution in [3.05, 3.63) is 117 Å². The Balaban J connectivity index is 1.68. The number of thiophene rings is 1. The summed E-state index contributed by atoms with van der Waals surface area (Å²) in [4.78, 5) is 0. The third-order valence-electron chi connectivity index (χ3n) is 7.44. The lowest BCUT2D eigenvalue weighted by molar-refractivity contribution is -0.000293. The summed E-state index contributed by atoms with van der Waals surface area (Å²) in [5.41, 5.74) is 4.15. The van der Waals surface area contributed by atoms with Gasteiger partial charge in [-0.1, -0.05) is 54.6 Å². The highest BCUT2D eigenvalue weighted by Gasteiger charge is 2.38. The fourth-order valence-electron chi connectivity index (χ4n) is 5.30. The van der Waals surface area contributed by atoms with Crippen LogP contribution in [0.15, 0.2) is 89.6 Å². The number of nitrogens with zero attached hydrogens (tertiary/aromatic N) is 2. The second kappa shape index (κ2) is 16.9. The molecule has 1 aromatic heterocycles. The highest BCUT2D eigenvalue weighted by molar-refractivity contribution is 7.44. The maximum Gasteiger partial charge on any atom is 0.259 e. The summed E-state index contributed by atoms with van der Waals surface area (Å²) in [5, 5.41) is 13.3. The first-order valence-corrected chi connectivity index (χ1v) is 17.1. The molecule has 0 bridgehead atoms. The maximum absolute atomic E-state index is 9.07. The Bertz CT molecular complexity index is 1430. The van der Waals surface area contributed by atoms with Crippen molar-refractivity contribution in [1.29, 1.82) is 5.26 Å². The van der Waals surface area contributed by atoms with Crippen LogP contribution in [-0.4, -0.2) is 37.6 Å². The van der Waals surface area contributed by atoms with Gasteiger partial charge in [0.1, 0.15) is 17.1 Å². The summed E-state index contributed by atoms with van der Waals surface area (Å²) >= 11 is 1.62. The van der Waals surface area contributed by atoms with Crippen LogP contribution in [-0.2, 0) is 32.6 Å². The SMILES string of the molecule is COc1ccc(C(OCc2cscc2COP(OCCC#N)N(C(C)C)C(C)C)(c2ccccc2)c2ccc(OC)cc2)cc1. The fourth-order valence-corrected chi connectivity index (χ4v) is 7.73. The van der Waals surface area contributed by atoms with Gasteiger partial charge in [-0.05, 0) is 90.5 Å². The van der Waals surface area contributed by atoms with E-state index in [2.05, 4.69) is 85.6 Å². The van der Waals surface area contributed by atoms with Crippen molar-refractivity contribution in [3.8, 4) is 17.6 Å². The van der Waals surface area contributed by atoms with Gasteiger partial charge in [0, 0.05) is 12.1 Å². The van der Waals surface area contributed by atoms with E-state index in [4.69, 9.17) is 28.5 Å². The van der Waals surface area contributed by atoms with Gasteiger partial charge in [0.25, 0.3) is 8.53 Å². The lowest BCUT2D eigenvalue weighted by Gasteiger charge is -2.36. The fraction of sp³-hybridized carbons (Fsp3) is 0.361. The molecule has 0 radical (unpaired) electrons. The van der Waals surface area contributed by atoms with Gasteiger partial charge in [-0.25, -0.2) is 4.67 Å². The van der Waals surface area contributed by atoms with Crippen molar-refractivity contribution in [3.63, 3.8) is 0 Å². The molecule has 0 aliphatic heterocycles. The monoisotopic (exact) mass is 646 g/mol. The van der Waals surface area contributed by atoms with Crippen molar-refractivity contribution in [1.82, 2.24) is 4.67 Å². The second-order valence-electron chi connectivity index (χ2n) is 11.0. The van der Waals surface area contributed by atoms with E-state index in [9.17, 15) is 0 Å². The zero-order valence-electron chi connectivity index (χ0n) is 26.9. The van der Waals surface area contributed by atoms with E-state index in [0.717, 1.165) is 39.3 Å². The van der Waals surface area contributed by atoms with E-state index in [0.29, 0.717) is 26.2 Å². The number of hydrogen-bond acceptors (Lipinski definition) is 8. The minimum atomic E-state index is -1.36. The first-order chi connectivity index (χ1) is 21.8. The largest absolute Gasteiger partial charge is 0.497 e. The summed E-state index contributed by atoms with van der Waals surface area (Å²) in [5.74, 6) is 1.55. The molecule has 4 rings (SSSR count). The molecule has 0 saturated carbocycles. The molecule has 1 unspecified atom stereocenters. The first kappa shape index (κ1) is 34.6. The summed E-state index contributed by atoms with van der Waals surface area (Å²) in [6.07, 6.45) is 0.321. The van der Waals surface area contributed by atoms with Gasteiger partial charge in [0.15, 0.2) is 0 Å². The quantitative estimate of drug-likeness (QED) is 0.0644. The number of nitriles is 1. The van der Waals surface area contributed by atoms with E-state index in [-0.39, 0.29) is 12.1 Å². The van der Waals surface area contributed by atoms with Crippen molar-refractivity contribution < 1.29 is 23.3 Å². The minimum Gasteiger partial charge on any atom is -0.497 e. The Labute approximate surface area is 273 Å². The predicted octanol–water partition coefficient (Wildman–Crippen LogP) is 9.07. The van der Waals surface area contributed by atoms with Crippen molar-refractivity contribution in [2.75, 3.05) is 20.8 Å². The van der Waals surface area contributed by atoms with Crippen LogP contribution in [0.25, 0.3) is 0 Å². The van der Waals surface area contributed by atoms with Crippen LogP contribution in [0.1, 0.15) is 61.9 Å². The molecule has 0 fully saturated rings. The zero-order valence-corrected chi connectivity index (χ0v) is 28.6. The molecule has 9 heteroatoms. The normalized spacial score (nSPS) is 12.4. The van der Waals surface area contributed by atoms with E-state index in [1.54, 1.807) is 25.6 Å². The van der Waals surface area contributed by atoms with Crippen LogP contribution >= 0.6 is 19.9 Å². The smallest absolute Gasteiger partial charge is 0.259 e. The van der Waals surface area contributed by atoms with Crippen molar-refractivity contribution >= 4 is 19.9 Å². The van der Waals surface area contributed by atoms with Gasteiger partial charge >= 0.3 is 0 Å².